The van der Waals surface area contributed by atoms with Gasteiger partial charge in [0.2, 0.25) is 5.95 Å². The van der Waals surface area contributed by atoms with Crippen molar-refractivity contribution in [2.24, 2.45) is 5.92 Å². The second kappa shape index (κ2) is 8.83. The summed E-state index contributed by atoms with van der Waals surface area (Å²) in [6.45, 7) is 3.61. The monoisotopic (exact) mass is 430 g/mol. The molecule has 0 spiro atoms. The number of nitriles is 1. The summed E-state index contributed by atoms with van der Waals surface area (Å²) in [5, 5.41) is 19.3. The molecule has 2 aromatic heterocycles. The predicted molar refractivity (Wildman–Crippen MR) is 124 cm³/mol. The van der Waals surface area contributed by atoms with Crippen LogP contribution in [0.15, 0.2) is 35.3 Å². The number of nitrogens with zero attached hydrogens (tertiary/aromatic N) is 6. The molecule has 2 fully saturated rings. The van der Waals surface area contributed by atoms with Crippen molar-refractivity contribution in [2.45, 2.75) is 32.1 Å². The first kappa shape index (κ1) is 20.2. The van der Waals surface area contributed by atoms with Crippen LogP contribution in [0.5, 0.6) is 0 Å². The number of benzene rings is 1. The zero-order chi connectivity index (χ0) is 21.9. The lowest BCUT2D eigenvalue weighted by atomic mass is 9.99. The molecule has 4 heterocycles. The predicted octanol–water partition coefficient (Wildman–Crippen LogP) is 3.19. The van der Waals surface area contributed by atoms with Crippen LogP contribution >= 0.6 is 0 Å². The summed E-state index contributed by atoms with van der Waals surface area (Å²) < 4.78 is 0. The van der Waals surface area contributed by atoms with Crippen LogP contribution in [0, 0.1) is 17.2 Å². The van der Waals surface area contributed by atoms with Crippen molar-refractivity contribution >= 4 is 34.0 Å². The molecule has 2 N–H and O–H groups in total. The molecular weight excluding hydrogens is 404 g/mol. The lowest BCUT2D eigenvalue weighted by Crippen LogP contribution is -2.34. The second-order valence-electron chi connectivity index (χ2n) is 8.44. The average Bonchev–Trinajstić information content (AvgIpc) is 2.85. The number of anilines is 4. The third-order valence-corrected chi connectivity index (χ3v) is 6.32. The molecule has 0 saturated carbocycles. The standard InChI is InChI=1S/C23H26N8O/c24-14-16-8-12-31(13-9-16)23-27-19-15-25-29-22(32)20(19)21(28-23)26-17-4-6-18(7-5-17)30-10-2-1-3-11-30/h4-7,15-16H,1-3,8-13H2,(H,29,32)(H,26,27,28). The van der Waals surface area contributed by atoms with Gasteiger partial charge in [-0.05, 0) is 56.4 Å². The van der Waals surface area contributed by atoms with Crippen LogP contribution in [0.25, 0.3) is 10.9 Å². The Labute approximate surface area is 186 Å². The number of piperidine rings is 2. The maximum Gasteiger partial charge on any atom is 0.277 e. The molecular formula is C23H26N8O. The first-order valence-electron chi connectivity index (χ1n) is 11.2. The highest BCUT2D eigenvalue weighted by molar-refractivity contribution is 5.90. The van der Waals surface area contributed by atoms with Gasteiger partial charge in [-0.25, -0.2) is 10.1 Å². The van der Waals surface area contributed by atoms with Crippen molar-refractivity contribution in [2.75, 3.05) is 41.3 Å². The number of nitrogens with one attached hydrogen (secondary N) is 2. The highest BCUT2D eigenvalue weighted by atomic mass is 16.1. The van der Waals surface area contributed by atoms with E-state index in [9.17, 15) is 10.1 Å². The van der Waals surface area contributed by atoms with Gasteiger partial charge in [0.05, 0.1) is 12.3 Å². The van der Waals surface area contributed by atoms with Gasteiger partial charge in [-0.1, -0.05) is 0 Å². The van der Waals surface area contributed by atoms with E-state index < -0.39 is 0 Å². The third-order valence-electron chi connectivity index (χ3n) is 6.32. The van der Waals surface area contributed by atoms with E-state index in [-0.39, 0.29) is 11.5 Å². The molecule has 0 unspecified atom stereocenters. The maximum atomic E-state index is 12.5. The van der Waals surface area contributed by atoms with E-state index in [0.29, 0.717) is 35.8 Å². The van der Waals surface area contributed by atoms with E-state index in [0.717, 1.165) is 31.6 Å². The van der Waals surface area contributed by atoms with Crippen molar-refractivity contribution in [1.29, 1.82) is 5.26 Å². The van der Waals surface area contributed by atoms with Gasteiger partial charge in [0, 0.05) is 43.5 Å². The number of H-pyrrole nitrogens is 1. The lowest BCUT2D eigenvalue weighted by molar-refractivity contribution is 0.482. The summed E-state index contributed by atoms with van der Waals surface area (Å²) in [5.41, 5.74) is 2.24. The van der Waals surface area contributed by atoms with E-state index in [2.05, 4.69) is 48.5 Å². The normalized spacial score (nSPS) is 17.3. The van der Waals surface area contributed by atoms with Crippen LogP contribution < -0.4 is 20.7 Å². The van der Waals surface area contributed by atoms with Gasteiger partial charge < -0.3 is 15.1 Å². The fraction of sp³-hybridized carbons (Fsp3) is 0.435. The van der Waals surface area contributed by atoms with Gasteiger partial charge in [-0.2, -0.15) is 15.3 Å². The second-order valence-corrected chi connectivity index (χ2v) is 8.44. The summed E-state index contributed by atoms with van der Waals surface area (Å²) in [7, 11) is 0. The Morgan fingerprint density at radius 3 is 2.47 bits per heavy atom. The maximum absolute atomic E-state index is 12.5. The van der Waals surface area contributed by atoms with Crippen molar-refractivity contribution < 1.29 is 0 Å². The zero-order valence-corrected chi connectivity index (χ0v) is 17.9. The molecule has 9 nitrogen and oxygen atoms in total. The Kier molecular flexibility index (Phi) is 5.58. The minimum absolute atomic E-state index is 0.0761. The molecule has 9 heteroatoms. The minimum atomic E-state index is -0.329. The largest absolute Gasteiger partial charge is 0.372 e. The van der Waals surface area contributed by atoms with E-state index in [1.165, 1.54) is 24.9 Å². The Morgan fingerprint density at radius 1 is 1.00 bits per heavy atom. The highest BCUT2D eigenvalue weighted by Gasteiger charge is 2.22. The molecule has 0 aliphatic carbocycles. The zero-order valence-electron chi connectivity index (χ0n) is 17.9. The highest BCUT2D eigenvalue weighted by Crippen LogP contribution is 2.28. The summed E-state index contributed by atoms with van der Waals surface area (Å²) in [4.78, 5) is 26.3. The van der Waals surface area contributed by atoms with E-state index in [4.69, 9.17) is 4.98 Å². The van der Waals surface area contributed by atoms with Crippen molar-refractivity contribution in [3.8, 4) is 6.07 Å². The number of hydrogen-bond donors (Lipinski definition) is 2. The molecule has 2 aliphatic rings. The molecule has 3 aromatic rings. The third kappa shape index (κ3) is 4.08. The summed E-state index contributed by atoms with van der Waals surface area (Å²) >= 11 is 0. The van der Waals surface area contributed by atoms with Crippen LogP contribution in [0.4, 0.5) is 23.1 Å². The fourth-order valence-corrected chi connectivity index (χ4v) is 4.48. The minimum Gasteiger partial charge on any atom is -0.372 e. The number of aromatic amines is 1. The van der Waals surface area contributed by atoms with Crippen LogP contribution in [0.3, 0.4) is 0 Å². The number of fused-ring (bicyclic) bond motifs is 1. The van der Waals surface area contributed by atoms with Gasteiger partial charge in [0.25, 0.3) is 5.56 Å². The average molecular weight is 431 g/mol. The number of hydrogen-bond acceptors (Lipinski definition) is 8. The summed E-state index contributed by atoms with van der Waals surface area (Å²) in [6, 6.07) is 10.6. The first-order valence-corrected chi connectivity index (χ1v) is 11.2. The molecule has 32 heavy (non-hydrogen) atoms. The Hall–Kier alpha value is -3.67. The molecule has 5 rings (SSSR count). The SMILES string of the molecule is N#CC1CCN(c2nc(Nc3ccc(N4CCCCC4)cc3)c3c(=O)[nH]ncc3n2)CC1. The van der Waals surface area contributed by atoms with E-state index in [1.54, 1.807) is 6.20 Å². The van der Waals surface area contributed by atoms with Gasteiger partial charge >= 0.3 is 0 Å². The molecule has 0 atom stereocenters. The van der Waals surface area contributed by atoms with Crippen molar-refractivity contribution in [3.05, 3.63) is 40.8 Å². The van der Waals surface area contributed by atoms with Crippen molar-refractivity contribution in [1.82, 2.24) is 20.2 Å². The number of rotatable bonds is 4. The molecule has 0 radical (unpaired) electrons. The quantitative estimate of drug-likeness (QED) is 0.649. The van der Waals surface area contributed by atoms with Crippen molar-refractivity contribution in [3.63, 3.8) is 0 Å². The van der Waals surface area contributed by atoms with Gasteiger partial charge in [0.15, 0.2) is 0 Å². The molecule has 164 valence electrons. The van der Waals surface area contributed by atoms with Gasteiger partial charge in [-0.3, -0.25) is 4.79 Å². The smallest absolute Gasteiger partial charge is 0.277 e. The molecule has 2 saturated heterocycles. The van der Waals surface area contributed by atoms with Crippen LogP contribution in [0.2, 0.25) is 0 Å². The molecule has 2 aliphatic heterocycles. The Bertz CT molecular complexity index is 1190. The number of aromatic nitrogens is 4. The molecule has 0 amide bonds. The van der Waals surface area contributed by atoms with Gasteiger partial charge in [0.1, 0.15) is 16.7 Å². The molecule has 1 aromatic carbocycles. The Balaban J connectivity index is 1.44. The lowest BCUT2D eigenvalue weighted by Gasteiger charge is -2.29. The van der Waals surface area contributed by atoms with Crippen LogP contribution in [-0.2, 0) is 0 Å². The fourth-order valence-electron chi connectivity index (χ4n) is 4.48. The van der Waals surface area contributed by atoms with Crippen LogP contribution in [-0.4, -0.2) is 46.3 Å². The first-order chi connectivity index (χ1) is 15.7. The summed E-state index contributed by atoms with van der Waals surface area (Å²) in [5.74, 6) is 1.09. The summed E-state index contributed by atoms with van der Waals surface area (Å²) in [6.07, 6.45) is 6.89. The Morgan fingerprint density at radius 2 is 1.75 bits per heavy atom. The van der Waals surface area contributed by atoms with E-state index >= 15 is 0 Å². The topological polar surface area (TPSA) is 114 Å². The van der Waals surface area contributed by atoms with Gasteiger partial charge in [-0.15, -0.1) is 0 Å². The molecule has 0 bridgehead atoms. The van der Waals surface area contributed by atoms with E-state index in [1.807, 2.05) is 12.1 Å². The van der Waals surface area contributed by atoms with Crippen LogP contribution in [0.1, 0.15) is 32.1 Å².